The smallest absolute Gasteiger partial charge is 0.338 e. The molecule has 8 heteroatoms. The number of aliphatic hydroxyl groups is 2. The Balaban J connectivity index is 1.58. The summed E-state index contributed by atoms with van der Waals surface area (Å²) < 4.78 is 16.1. The number of rotatable bonds is 3. The lowest BCUT2D eigenvalue weighted by molar-refractivity contribution is -0.149. The molecule has 3 aliphatic rings. The quantitative estimate of drug-likeness (QED) is 0.341. The number of hydrogen-bond donors (Lipinski definition) is 4. The second kappa shape index (κ2) is 5.10. The first kappa shape index (κ1) is 15.3. The third kappa shape index (κ3) is 2.00. The van der Waals surface area contributed by atoms with Gasteiger partial charge in [0.05, 0.1) is 24.4 Å². The molecule has 0 aromatic heterocycles. The molecule has 0 bridgehead atoms. The first-order chi connectivity index (χ1) is 11.5. The van der Waals surface area contributed by atoms with E-state index in [2.05, 4.69) is 0 Å². The Morgan fingerprint density at radius 2 is 2.08 bits per heavy atom. The highest BCUT2D eigenvalue weighted by atomic mass is 16.7. The van der Waals surface area contributed by atoms with E-state index in [9.17, 15) is 25.2 Å². The highest BCUT2D eigenvalue weighted by Gasteiger charge is 2.76. The van der Waals surface area contributed by atoms with Gasteiger partial charge in [-0.3, -0.25) is 0 Å². The van der Waals surface area contributed by atoms with Crippen molar-refractivity contribution < 1.29 is 39.4 Å². The summed E-state index contributed by atoms with van der Waals surface area (Å²) in [6, 6.07) is 3.62. The fourth-order valence-corrected chi connectivity index (χ4v) is 3.72. The van der Waals surface area contributed by atoms with Crippen LogP contribution in [0.1, 0.15) is 10.4 Å². The number of phenols is 2. The normalized spacial score (nSPS) is 38.8. The van der Waals surface area contributed by atoms with Crippen molar-refractivity contribution in [1.82, 2.24) is 0 Å². The number of phenolic OH excluding ortho intramolecular Hbond substituents is 2. The first-order valence-corrected chi connectivity index (χ1v) is 7.50. The van der Waals surface area contributed by atoms with Crippen LogP contribution in [-0.4, -0.2) is 57.1 Å². The van der Waals surface area contributed by atoms with E-state index >= 15 is 0 Å². The van der Waals surface area contributed by atoms with Crippen LogP contribution in [0, 0.1) is 11.8 Å². The number of aliphatic hydroxyl groups excluding tert-OH is 2. The molecule has 2 fully saturated rings. The van der Waals surface area contributed by atoms with Crippen LogP contribution in [0.2, 0.25) is 0 Å². The number of esters is 1. The van der Waals surface area contributed by atoms with Crippen LogP contribution in [0.5, 0.6) is 11.5 Å². The summed E-state index contributed by atoms with van der Waals surface area (Å²) in [6.07, 6.45) is 0.637. The minimum atomic E-state index is -1.15. The molecule has 24 heavy (non-hydrogen) atoms. The van der Waals surface area contributed by atoms with E-state index in [0.29, 0.717) is 0 Å². The van der Waals surface area contributed by atoms with Gasteiger partial charge in [-0.05, 0) is 24.3 Å². The number of hydrogen-bond acceptors (Lipinski definition) is 8. The summed E-state index contributed by atoms with van der Waals surface area (Å²) in [7, 11) is 0. The van der Waals surface area contributed by atoms with Gasteiger partial charge in [-0.25, -0.2) is 4.79 Å². The highest BCUT2D eigenvalue weighted by Crippen LogP contribution is 2.59. The lowest BCUT2D eigenvalue weighted by atomic mass is 9.86. The van der Waals surface area contributed by atoms with Crippen LogP contribution in [0.3, 0.4) is 0 Å². The van der Waals surface area contributed by atoms with Crippen LogP contribution in [0.15, 0.2) is 30.5 Å². The summed E-state index contributed by atoms with van der Waals surface area (Å²) in [4.78, 5) is 12.3. The predicted molar refractivity (Wildman–Crippen MR) is 76.9 cm³/mol. The molecule has 1 aromatic carbocycles. The summed E-state index contributed by atoms with van der Waals surface area (Å²) in [5, 5.41) is 38.5. The zero-order chi connectivity index (χ0) is 17.1. The van der Waals surface area contributed by atoms with Crippen molar-refractivity contribution in [3.05, 3.63) is 36.1 Å². The third-order valence-electron chi connectivity index (χ3n) is 4.95. The standard InChI is InChI=1S/C16H16O8/c17-6-16-11-8(3-4-22-15(11)21)12(13(16)24-16)23-14(20)7-1-2-9(18)10(19)5-7/h1-5,8,11-13,15,17-19,21H,6H2/t8-,11-,12+,13+,15?,16-/m1/s1. The van der Waals surface area contributed by atoms with Gasteiger partial charge in [0, 0.05) is 5.92 Å². The molecule has 0 amide bonds. The van der Waals surface area contributed by atoms with E-state index in [-0.39, 0.29) is 23.8 Å². The van der Waals surface area contributed by atoms with Crippen LogP contribution < -0.4 is 0 Å². The van der Waals surface area contributed by atoms with Gasteiger partial charge in [-0.15, -0.1) is 0 Å². The number of benzene rings is 1. The Hall–Kier alpha value is -2.29. The Morgan fingerprint density at radius 3 is 2.79 bits per heavy atom. The molecule has 1 saturated heterocycles. The van der Waals surface area contributed by atoms with Crippen LogP contribution in [0.4, 0.5) is 0 Å². The van der Waals surface area contributed by atoms with Crippen LogP contribution >= 0.6 is 0 Å². The van der Waals surface area contributed by atoms with Gasteiger partial charge in [0.1, 0.15) is 17.8 Å². The predicted octanol–water partition coefficient (Wildman–Crippen LogP) is -0.139. The fourth-order valence-electron chi connectivity index (χ4n) is 3.72. The van der Waals surface area contributed by atoms with Crippen molar-refractivity contribution in [3.8, 4) is 11.5 Å². The van der Waals surface area contributed by atoms with Gasteiger partial charge < -0.3 is 34.6 Å². The molecule has 128 valence electrons. The monoisotopic (exact) mass is 336 g/mol. The van der Waals surface area contributed by atoms with Crippen molar-refractivity contribution in [2.24, 2.45) is 11.8 Å². The van der Waals surface area contributed by atoms with Gasteiger partial charge in [0.25, 0.3) is 0 Å². The molecule has 1 saturated carbocycles. The highest BCUT2D eigenvalue weighted by molar-refractivity contribution is 5.90. The van der Waals surface area contributed by atoms with Crippen molar-refractivity contribution in [2.75, 3.05) is 6.61 Å². The zero-order valence-electron chi connectivity index (χ0n) is 12.4. The zero-order valence-corrected chi connectivity index (χ0v) is 12.4. The van der Waals surface area contributed by atoms with E-state index in [4.69, 9.17) is 14.2 Å². The number of ether oxygens (including phenoxy) is 3. The molecule has 2 aliphatic heterocycles. The van der Waals surface area contributed by atoms with Gasteiger partial charge in [0.2, 0.25) is 6.29 Å². The topological polar surface area (TPSA) is 129 Å². The van der Waals surface area contributed by atoms with Crippen molar-refractivity contribution in [3.63, 3.8) is 0 Å². The number of carbonyl (C=O) groups excluding carboxylic acids is 1. The van der Waals surface area contributed by atoms with E-state index in [0.717, 1.165) is 6.07 Å². The summed E-state index contributed by atoms with van der Waals surface area (Å²) in [5.41, 5.74) is -0.905. The molecular weight excluding hydrogens is 320 g/mol. The van der Waals surface area contributed by atoms with E-state index in [1.807, 2.05) is 0 Å². The van der Waals surface area contributed by atoms with E-state index < -0.39 is 41.7 Å². The molecule has 1 aliphatic carbocycles. The maximum atomic E-state index is 12.3. The molecule has 1 unspecified atom stereocenters. The van der Waals surface area contributed by atoms with E-state index in [1.165, 1.54) is 18.4 Å². The third-order valence-corrected chi connectivity index (χ3v) is 4.95. The molecule has 8 nitrogen and oxygen atoms in total. The number of carbonyl (C=O) groups is 1. The second-order valence-corrected chi connectivity index (χ2v) is 6.18. The summed E-state index contributed by atoms with van der Waals surface area (Å²) in [6.45, 7) is -0.318. The van der Waals surface area contributed by atoms with Gasteiger partial charge in [-0.2, -0.15) is 0 Å². The molecule has 2 heterocycles. The SMILES string of the molecule is O=C(O[C@H]1[C@@H]2C=COC(O)[C@@H]2[C@@]2(CO)O[C@@H]12)c1ccc(O)c(O)c1. The Kier molecular flexibility index (Phi) is 3.24. The molecule has 1 aromatic rings. The van der Waals surface area contributed by atoms with Crippen LogP contribution in [0.25, 0.3) is 0 Å². The fraction of sp³-hybridized carbons (Fsp3) is 0.438. The Morgan fingerprint density at radius 1 is 1.29 bits per heavy atom. The van der Waals surface area contributed by atoms with Gasteiger partial charge >= 0.3 is 5.97 Å². The molecule has 6 atom stereocenters. The Labute approximate surface area is 136 Å². The van der Waals surface area contributed by atoms with Gasteiger partial charge in [0.15, 0.2) is 11.5 Å². The molecular formula is C16H16O8. The minimum Gasteiger partial charge on any atom is -0.504 e. The Bertz CT molecular complexity index is 716. The van der Waals surface area contributed by atoms with Crippen molar-refractivity contribution >= 4 is 5.97 Å². The number of aromatic hydroxyl groups is 2. The largest absolute Gasteiger partial charge is 0.504 e. The maximum Gasteiger partial charge on any atom is 0.338 e. The number of epoxide rings is 1. The molecule has 0 radical (unpaired) electrons. The minimum absolute atomic E-state index is 0.0700. The van der Waals surface area contributed by atoms with Gasteiger partial charge in [-0.1, -0.05) is 0 Å². The lowest BCUT2D eigenvalue weighted by Gasteiger charge is -2.33. The summed E-state index contributed by atoms with van der Waals surface area (Å²) >= 11 is 0. The second-order valence-electron chi connectivity index (χ2n) is 6.18. The molecule has 4 rings (SSSR count). The lowest BCUT2D eigenvalue weighted by Crippen LogP contribution is -2.42. The number of fused-ring (bicyclic) bond motifs is 3. The van der Waals surface area contributed by atoms with Crippen LogP contribution in [-0.2, 0) is 14.2 Å². The first-order valence-electron chi connectivity index (χ1n) is 7.50. The average molecular weight is 336 g/mol. The summed E-state index contributed by atoms with van der Waals surface area (Å²) in [5.74, 6) is -2.36. The average Bonchev–Trinajstić information content (AvgIpc) is 3.24. The molecule has 0 spiro atoms. The van der Waals surface area contributed by atoms with Crippen molar-refractivity contribution in [2.45, 2.75) is 24.1 Å². The van der Waals surface area contributed by atoms with E-state index in [1.54, 1.807) is 6.08 Å². The molecule has 4 N–H and O–H groups in total. The maximum absolute atomic E-state index is 12.3. The van der Waals surface area contributed by atoms with Crippen molar-refractivity contribution in [1.29, 1.82) is 0 Å².